The zero-order valence-electron chi connectivity index (χ0n) is 21.1. The Kier molecular flexibility index (Phi) is 7.20. The van der Waals surface area contributed by atoms with Crippen LogP contribution >= 0.6 is 11.3 Å². The van der Waals surface area contributed by atoms with E-state index in [0.29, 0.717) is 37.5 Å². The topological polar surface area (TPSA) is 113 Å². The van der Waals surface area contributed by atoms with E-state index in [2.05, 4.69) is 0 Å². The van der Waals surface area contributed by atoms with Crippen molar-refractivity contribution < 1.29 is 19.2 Å². The first-order valence-corrected chi connectivity index (χ1v) is 12.9. The minimum Gasteiger partial charge on any atom is -0.497 e. The summed E-state index contributed by atoms with van der Waals surface area (Å²) >= 11 is 1.15. The van der Waals surface area contributed by atoms with E-state index >= 15 is 0 Å². The van der Waals surface area contributed by atoms with Crippen molar-refractivity contribution in [1.29, 1.82) is 0 Å². The van der Waals surface area contributed by atoms with Gasteiger partial charge in [0.25, 0.3) is 11.2 Å². The molecule has 196 valence electrons. The van der Waals surface area contributed by atoms with Gasteiger partial charge in [-0.2, -0.15) is 0 Å². The summed E-state index contributed by atoms with van der Waals surface area (Å²) in [5, 5.41) is 11.3. The second-order valence-corrected chi connectivity index (χ2v) is 9.57. The lowest BCUT2D eigenvalue weighted by Crippen LogP contribution is -2.40. The highest BCUT2D eigenvalue weighted by atomic mass is 32.1. The lowest BCUT2D eigenvalue weighted by molar-refractivity contribution is -0.384. The van der Waals surface area contributed by atoms with E-state index in [1.807, 2.05) is 30.3 Å². The highest BCUT2D eigenvalue weighted by molar-refractivity contribution is 7.07. The van der Waals surface area contributed by atoms with Gasteiger partial charge in [0.2, 0.25) is 0 Å². The van der Waals surface area contributed by atoms with Crippen LogP contribution in [0.2, 0.25) is 0 Å². The molecule has 0 spiro atoms. The third kappa shape index (κ3) is 5.01. The van der Waals surface area contributed by atoms with E-state index in [9.17, 15) is 19.7 Å². The molecule has 3 aromatic carbocycles. The second kappa shape index (κ2) is 10.9. The SMILES string of the molecule is CCOC(=O)C1=C(c2ccccc2)N=c2s/c(=C\c3cccc([N+](=O)[O-])c3)c(=O)n2[C@@H]1c1ccc(OC)cc1. The molecule has 4 aromatic rings. The number of carbonyl (C=O) groups excluding carboxylic acids is 1. The van der Waals surface area contributed by atoms with Crippen molar-refractivity contribution in [3.63, 3.8) is 0 Å². The molecule has 10 heteroatoms. The van der Waals surface area contributed by atoms with E-state index in [-0.39, 0.29) is 23.4 Å². The zero-order valence-corrected chi connectivity index (χ0v) is 21.9. The molecular formula is C29H23N3O6S. The number of non-ortho nitro benzene ring substituents is 1. The van der Waals surface area contributed by atoms with Crippen molar-refractivity contribution in [2.24, 2.45) is 4.99 Å². The van der Waals surface area contributed by atoms with E-state index in [4.69, 9.17) is 14.5 Å². The van der Waals surface area contributed by atoms with Crippen molar-refractivity contribution in [1.82, 2.24) is 4.57 Å². The second-order valence-electron chi connectivity index (χ2n) is 8.56. The minimum atomic E-state index is -0.825. The number of hydrogen-bond donors (Lipinski definition) is 0. The Balaban J connectivity index is 1.80. The maximum Gasteiger partial charge on any atom is 0.338 e. The summed E-state index contributed by atoms with van der Waals surface area (Å²) in [5.41, 5.74) is 2.08. The number of methoxy groups -OCH3 is 1. The molecule has 1 aliphatic rings. The molecule has 1 aromatic heterocycles. The zero-order chi connectivity index (χ0) is 27.5. The normalized spacial score (nSPS) is 14.9. The van der Waals surface area contributed by atoms with E-state index in [0.717, 1.165) is 11.3 Å². The fourth-order valence-corrected chi connectivity index (χ4v) is 5.42. The number of nitro benzene ring substituents is 1. The molecule has 1 aliphatic heterocycles. The molecule has 0 saturated heterocycles. The molecule has 9 nitrogen and oxygen atoms in total. The summed E-state index contributed by atoms with van der Waals surface area (Å²) in [6.07, 6.45) is 1.60. The molecule has 0 saturated carbocycles. The van der Waals surface area contributed by atoms with Crippen LogP contribution in [-0.4, -0.2) is 29.2 Å². The van der Waals surface area contributed by atoms with Crippen LogP contribution in [0.4, 0.5) is 5.69 Å². The summed E-state index contributed by atoms with van der Waals surface area (Å²) < 4.78 is 12.6. The maximum atomic E-state index is 13.9. The lowest BCUT2D eigenvalue weighted by Gasteiger charge is -2.26. The number of thiazole rings is 1. The first-order valence-electron chi connectivity index (χ1n) is 12.1. The molecule has 0 N–H and O–H groups in total. The fourth-order valence-electron chi connectivity index (χ4n) is 4.42. The quantitative estimate of drug-likeness (QED) is 0.200. The summed E-state index contributed by atoms with van der Waals surface area (Å²) in [4.78, 5) is 43.3. The van der Waals surface area contributed by atoms with E-state index < -0.39 is 16.9 Å². The summed E-state index contributed by atoms with van der Waals surface area (Å²) in [5.74, 6) is 0.0515. The number of benzene rings is 3. The third-order valence-electron chi connectivity index (χ3n) is 6.18. The molecule has 0 amide bonds. The first-order chi connectivity index (χ1) is 18.9. The Morgan fingerprint density at radius 3 is 2.51 bits per heavy atom. The Morgan fingerprint density at radius 1 is 1.10 bits per heavy atom. The number of rotatable bonds is 7. The van der Waals surface area contributed by atoms with Crippen LogP contribution in [-0.2, 0) is 9.53 Å². The third-order valence-corrected chi connectivity index (χ3v) is 7.17. The number of carbonyl (C=O) groups is 1. The van der Waals surface area contributed by atoms with Gasteiger partial charge in [0.15, 0.2) is 4.80 Å². The average Bonchev–Trinajstić information content (AvgIpc) is 3.27. The molecule has 0 unspecified atom stereocenters. The molecule has 39 heavy (non-hydrogen) atoms. The molecule has 0 aliphatic carbocycles. The smallest absolute Gasteiger partial charge is 0.338 e. The van der Waals surface area contributed by atoms with Gasteiger partial charge in [-0.3, -0.25) is 19.5 Å². The van der Waals surface area contributed by atoms with E-state index in [1.54, 1.807) is 56.5 Å². The maximum absolute atomic E-state index is 13.9. The molecule has 0 radical (unpaired) electrons. The summed E-state index contributed by atoms with van der Waals surface area (Å²) in [6.45, 7) is 1.87. The van der Waals surface area contributed by atoms with Crippen LogP contribution < -0.4 is 19.6 Å². The van der Waals surface area contributed by atoms with Crippen molar-refractivity contribution in [2.75, 3.05) is 13.7 Å². The number of aromatic nitrogens is 1. The van der Waals surface area contributed by atoms with Gasteiger partial charge in [0.1, 0.15) is 5.75 Å². The van der Waals surface area contributed by atoms with Crippen molar-refractivity contribution >= 4 is 34.8 Å². The van der Waals surface area contributed by atoms with Crippen LogP contribution in [0.15, 0.2) is 94.2 Å². The number of nitrogens with zero attached hydrogens (tertiary/aromatic N) is 3. The van der Waals surface area contributed by atoms with Gasteiger partial charge in [0, 0.05) is 17.7 Å². The van der Waals surface area contributed by atoms with Gasteiger partial charge >= 0.3 is 5.97 Å². The van der Waals surface area contributed by atoms with Crippen LogP contribution in [0.25, 0.3) is 11.8 Å². The molecule has 0 bridgehead atoms. The van der Waals surface area contributed by atoms with Gasteiger partial charge in [0.05, 0.1) is 40.5 Å². The summed E-state index contributed by atoms with van der Waals surface area (Å²) in [7, 11) is 1.56. The Hall–Kier alpha value is -4.83. The van der Waals surface area contributed by atoms with Crippen LogP contribution in [0.1, 0.15) is 29.7 Å². The molecule has 2 heterocycles. The van der Waals surface area contributed by atoms with Crippen LogP contribution in [0.3, 0.4) is 0 Å². The first kappa shape index (κ1) is 25.8. The predicted octanol–water partition coefficient (Wildman–Crippen LogP) is 3.85. The Bertz CT molecular complexity index is 1770. The number of hydrogen-bond acceptors (Lipinski definition) is 8. The summed E-state index contributed by atoms with van der Waals surface area (Å²) in [6, 6.07) is 21.6. The fraction of sp³-hybridized carbons (Fsp3) is 0.138. The van der Waals surface area contributed by atoms with Gasteiger partial charge < -0.3 is 9.47 Å². The highest BCUT2D eigenvalue weighted by Crippen LogP contribution is 2.35. The van der Waals surface area contributed by atoms with Gasteiger partial charge in [-0.25, -0.2) is 9.79 Å². The van der Waals surface area contributed by atoms with Crippen LogP contribution in [0.5, 0.6) is 5.75 Å². The number of ether oxygens (including phenoxy) is 2. The average molecular weight is 542 g/mol. The molecule has 0 fully saturated rings. The molecule has 1 atom stereocenters. The Labute approximate surface area is 226 Å². The van der Waals surface area contributed by atoms with Crippen molar-refractivity contribution in [3.05, 3.63) is 131 Å². The Morgan fingerprint density at radius 2 is 1.85 bits per heavy atom. The number of fused-ring (bicyclic) bond motifs is 1. The van der Waals surface area contributed by atoms with Crippen molar-refractivity contribution in [2.45, 2.75) is 13.0 Å². The highest BCUT2D eigenvalue weighted by Gasteiger charge is 2.35. The van der Waals surface area contributed by atoms with Crippen LogP contribution in [0, 0.1) is 10.1 Å². The molecular weight excluding hydrogens is 518 g/mol. The lowest BCUT2D eigenvalue weighted by atomic mass is 9.93. The predicted molar refractivity (Wildman–Crippen MR) is 147 cm³/mol. The largest absolute Gasteiger partial charge is 0.497 e. The minimum absolute atomic E-state index is 0.0800. The number of esters is 1. The molecule has 5 rings (SSSR count). The van der Waals surface area contributed by atoms with Gasteiger partial charge in [-0.05, 0) is 36.3 Å². The number of nitro groups is 1. The van der Waals surface area contributed by atoms with E-state index in [1.165, 1.54) is 16.7 Å². The van der Waals surface area contributed by atoms with Crippen molar-refractivity contribution in [3.8, 4) is 5.75 Å². The monoisotopic (exact) mass is 541 g/mol. The van der Waals surface area contributed by atoms with Gasteiger partial charge in [-0.15, -0.1) is 0 Å². The van der Waals surface area contributed by atoms with Gasteiger partial charge in [-0.1, -0.05) is 65.9 Å². The standard InChI is InChI=1S/C29H23N3O6S/c1-3-38-28(34)24-25(19-9-5-4-6-10-19)30-29-31(26(24)20-12-14-22(37-2)15-13-20)27(33)23(39-29)17-18-8-7-11-21(16-18)32(35)36/h4-17,26H,3H2,1-2H3/b23-17-/t26-/m1/s1.